The van der Waals surface area contributed by atoms with Crippen molar-refractivity contribution < 1.29 is 4.79 Å². The minimum Gasteiger partial charge on any atom is -0.338 e. The number of carbonyl (C=O) groups excluding carboxylic acids is 1. The molecule has 0 radical (unpaired) electrons. The standard InChI is InChI=1S/C14H18N4O3/c1-5-18(6-2)13(20)10-8-7-9-11(15-10)16(3)14(21)17(4)12(9)19/h7-8H,5-6H2,1-4H3. The molecule has 0 unspecified atom stereocenters. The van der Waals surface area contributed by atoms with Gasteiger partial charge in [0.15, 0.2) is 0 Å². The van der Waals surface area contributed by atoms with Crippen LogP contribution in [-0.4, -0.2) is 38.0 Å². The first-order chi connectivity index (χ1) is 9.92. The molecule has 2 aromatic rings. The third-order valence-electron chi connectivity index (χ3n) is 3.57. The Morgan fingerprint density at radius 1 is 1.14 bits per heavy atom. The highest BCUT2D eigenvalue weighted by molar-refractivity contribution is 5.94. The van der Waals surface area contributed by atoms with Crippen LogP contribution in [-0.2, 0) is 14.1 Å². The zero-order valence-corrected chi connectivity index (χ0v) is 12.6. The second-order valence-electron chi connectivity index (χ2n) is 4.75. The quantitative estimate of drug-likeness (QED) is 0.804. The molecule has 0 N–H and O–H groups in total. The number of rotatable bonds is 3. The SMILES string of the molecule is CCN(CC)C(=O)c1ccc2c(=O)n(C)c(=O)n(C)c2n1. The van der Waals surface area contributed by atoms with E-state index in [2.05, 4.69) is 4.98 Å². The van der Waals surface area contributed by atoms with Crippen LogP contribution in [0.25, 0.3) is 11.0 Å². The summed E-state index contributed by atoms with van der Waals surface area (Å²) >= 11 is 0. The Balaban J connectivity index is 2.71. The molecule has 0 aliphatic heterocycles. The number of nitrogens with zero attached hydrogens (tertiary/aromatic N) is 4. The van der Waals surface area contributed by atoms with Gasteiger partial charge in [0.25, 0.3) is 11.5 Å². The Morgan fingerprint density at radius 3 is 2.33 bits per heavy atom. The number of hydrogen-bond donors (Lipinski definition) is 0. The molecule has 0 atom stereocenters. The van der Waals surface area contributed by atoms with Gasteiger partial charge in [-0.2, -0.15) is 0 Å². The van der Waals surface area contributed by atoms with Crippen molar-refractivity contribution in [1.82, 2.24) is 19.0 Å². The summed E-state index contributed by atoms with van der Waals surface area (Å²) in [7, 11) is 2.95. The van der Waals surface area contributed by atoms with Gasteiger partial charge in [-0.05, 0) is 26.0 Å². The van der Waals surface area contributed by atoms with E-state index < -0.39 is 11.2 Å². The molecule has 7 nitrogen and oxygen atoms in total. The fourth-order valence-electron chi connectivity index (χ4n) is 2.25. The summed E-state index contributed by atoms with van der Waals surface area (Å²) in [4.78, 5) is 42.1. The van der Waals surface area contributed by atoms with Crippen molar-refractivity contribution in [2.75, 3.05) is 13.1 Å². The van der Waals surface area contributed by atoms with Crippen LogP contribution < -0.4 is 11.2 Å². The topological polar surface area (TPSA) is 77.2 Å². The number of carbonyl (C=O) groups is 1. The summed E-state index contributed by atoms with van der Waals surface area (Å²) in [6.45, 7) is 4.91. The number of hydrogen-bond acceptors (Lipinski definition) is 4. The smallest absolute Gasteiger partial charge is 0.332 e. The summed E-state index contributed by atoms with van der Waals surface area (Å²) in [5.41, 5.74) is -0.426. The summed E-state index contributed by atoms with van der Waals surface area (Å²) in [5, 5.41) is 0.315. The van der Waals surface area contributed by atoms with Crippen LogP contribution in [0.4, 0.5) is 0 Å². The maximum absolute atomic E-state index is 12.3. The lowest BCUT2D eigenvalue weighted by Gasteiger charge is -2.18. The molecular formula is C14H18N4O3. The summed E-state index contributed by atoms with van der Waals surface area (Å²) < 4.78 is 2.30. The van der Waals surface area contributed by atoms with Gasteiger partial charge < -0.3 is 4.90 Å². The molecule has 0 fully saturated rings. The highest BCUT2D eigenvalue weighted by Gasteiger charge is 2.17. The molecule has 112 valence electrons. The Bertz CT molecular complexity index is 815. The van der Waals surface area contributed by atoms with E-state index in [4.69, 9.17) is 0 Å². The molecule has 0 aliphatic carbocycles. The van der Waals surface area contributed by atoms with E-state index in [1.807, 2.05) is 13.8 Å². The first-order valence-corrected chi connectivity index (χ1v) is 6.78. The molecule has 0 bridgehead atoms. The lowest BCUT2D eigenvalue weighted by Crippen LogP contribution is -2.38. The average Bonchev–Trinajstić information content (AvgIpc) is 2.51. The molecule has 2 heterocycles. The average molecular weight is 290 g/mol. The number of fused-ring (bicyclic) bond motifs is 1. The zero-order chi connectivity index (χ0) is 15.7. The molecule has 0 aliphatic rings. The first-order valence-electron chi connectivity index (χ1n) is 6.78. The van der Waals surface area contributed by atoms with Crippen molar-refractivity contribution in [3.8, 4) is 0 Å². The summed E-state index contributed by atoms with van der Waals surface area (Å²) in [5.74, 6) is -0.213. The van der Waals surface area contributed by atoms with Crippen molar-refractivity contribution >= 4 is 16.9 Å². The van der Waals surface area contributed by atoms with Crippen LogP contribution in [0, 0.1) is 0 Å². The van der Waals surface area contributed by atoms with Crippen molar-refractivity contribution in [2.24, 2.45) is 14.1 Å². The van der Waals surface area contributed by atoms with Crippen LogP contribution in [0.1, 0.15) is 24.3 Å². The van der Waals surface area contributed by atoms with E-state index in [0.717, 1.165) is 4.57 Å². The van der Waals surface area contributed by atoms with E-state index in [9.17, 15) is 14.4 Å². The Hall–Kier alpha value is -2.44. The lowest BCUT2D eigenvalue weighted by atomic mass is 10.2. The molecule has 2 rings (SSSR count). The van der Waals surface area contributed by atoms with Crippen LogP contribution in [0.5, 0.6) is 0 Å². The van der Waals surface area contributed by atoms with Gasteiger partial charge in [0.05, 0.1) is 5.39 Å². The number of aryl methyl sites for hydroxylation is 1. The molecule has 7 heteroatoms. The van der Waals surface area contributed by atoms with Gasteiger partial charge in [0, 0.05) is 27.2 Å². The van der Waals surface area contributed by atoms with Crippen LogP contribution in [0.2, 0.25) is 0 Å². The van der Waals surface area contributed by atoms with Gasteiger partial charge in [-0.25, -0.2) is 9.78 Å². The highest BCUT2D eigenvalue weighted by Crippen LogP contribution is 2.08. The third kappa shape index (κ3) is 2.35. The summed E-state index contributed by atoms with van der Waals surface area (Å²) in [6, 6.07) is 3.07. The molecule has 2 aromatic heterocycles. The second-order valence-corrected chi connectivity index (χ2v) is 4.75. The van der Waals surface area contributed by atoms with Crippen molar-refractivity contribution in [3.63, 3.8) is 0 Å². The van der Waals surface area contributed by atoms with Crippen LogP contribution in [0.15, 0.2) is 21.7 Å². The minimum atomic E-state index is -0.465. The molecular weight excluding hydrogens is 272 g/mol. The fourth-order valence-corrected chi connectivity index (χ4v) is 2.25. The number of aromatic nitrogens is 3. The maximum Gasteiger partial charge on any atom is 0.332 e. The van der Waals surface area contributed by atoms with Crippen LogP contribution in [0.3, 0.4) is 0 Å². The molecule has 21 heavy (non-hydrogen) atoms. The van der Waals surface area contributed by atoms with Gasteiger partial charge in [-0.15, -0.1) is 0 Å². The molecule has 0 aromatic carbocycles. The predicted octanol–water partition coefficient (Wildman–Crippen LogP) is 0.114. The van der Waals surface area contributed by atoms with E-state index in [1.165, 1.54) is 24.7 Å². The largest absolute Gasteiger partial charge is 0.338 e. The number of amides is 1. The normalized spacial score (nSPS) is 10.9. The molecule has 1 amide bonds. The van der Waals surface area contributed by atoms with E-state index in [-0.39, 0.29) is 17.2 Å². The monoisotopic (exact) mass is 290 g/mol. The van der Waals surface area contributed by atoms with E-state index >= 15 is 0 Å². The summed E-state index contributed by atoms with van der Waals surface area (Å²) in [6.07, 6.45) is 0. The van der Waals surface area contributed by atoms with Gasteiger partial charge in [0.2, 0.25) is 0 Å². The highest BCUT2D eigenvalue weighted by atomic mass is 16.2. The molecule has 0 saturated heterocycles. The van der Waals surface area contributed by atoms with Crippen molar-refractivity contribution in [1.29, 1.82) is 0 Å². The Morgan fingerprint density at radius 2 is 1.76 bits per heavy atom. The van der Waals surface area contributed by atoms with E-state index in [1.54, 1.807) is 11.0 Å². The third-order valence-corrected chi connectivity index (χ3v) is 3.57. The van der Waals surface area contributed by atoms with Gasteiger partial charge in [0.1, 0.15) is 11.3 Å². The van der Waals surface area contributed by atoms with Gasteiger partial charge in [-0.3, -0.25) is 18.7 Å². The first kappa shape index (κ1) is 15.0. The van der Waals surface area contributed by atoms with E-state index in [0.29, 0.717) is 18.5 Å². The van der Waals surface area contributed by atoms with Crippen LogP contribution >= 0.6 is 0 Å². The van der Waals surface area contributed by atoms with Gasteiger partial charge in [-0.1, -0.05) is 0 Å². The van der Waals surface area contributed by atoms with Crippen molar-refractivity contribution in [3.05, 3.63) is 38.7 Å². The minimum absolute atomic E-state index is 0.213. The Labute approximate surface area is 121 Å². The molecule has 0 saturated carbocycles. The second kappa shape index (κ2) is 5.51. The predicted molar refractivity (Wildman–Crippen MR) is 79.5 cm³/mol. The maximum atomic E-state index is 12.3. The van der Waals surface area contributed by atoms with Gasteiger partial charge >= 0.3 is 5.69 Å². The zero-order valence-electron chi connectivity index (χ0n) is 12.6. The lowest BCUT2D eigenvalue weighted by molar-refractivity contribution is 0.0767. The molecule has 0 spiro atoms. The number of pyridine rings is 1. The van der Waals surface area contributed by atoms with Crippen molar-refractivity contribution in [2.45, 2.75) is 13.8 Å². The fraction of sp³-hybridized carbons (Fsp3) is 0.429. The Kier molecular flexibility index (Phi) is 3.93.